The molecule has 4 heteroatoms. The molecule has 4 heterocycles. The predicted molar refractivity (Wildman–Crippen MR) is 514 cm³/mol. The third kappa shape index (κ3) is 11.7. The van der Waals surface area contributed by atoms with Crippen molar-refractivity contribution >= 4 is 32.6 Å². The maximum absolute atomic E-state index is 5.58. The van der Waals surface area contributed by atoms with Gasteiger partial charge in [0.05, 0.1) is 33.3 Å². The molecule has 4 aromatic heterocycles. The molecule has 0 radical (unpaired) electrons. The van der Waals surface area contributed by atoms with Crippen molar-refractivity contribution in [1.82, 2.24) is 19.2 Å². The molecule has 0 aliphatic heterocycles. The lowest BCUT2D eigenvalue weighted by atomic mass is 9.67. The molecule has 0 bridgehead atoms. The predicted octanol–water partition coefficient (Wildman–Crippen LogP) is 30.4. The largest absolute Gasteiger partial charge is 0.231 e. The van der Waals surface area contributed by atoms with Gasteiger partial charge in [-0.1, -0.05) is 479 Å². The van der Waals surface area contributed by atoms with Crippen molar-refractivity contribution in [3.05, 3.63) is 530 Å². The van der Waals surface area contributed by atoms with E-state index in [1.54, 1.807) is 0 Å². The normalized spacial score (nSPS) is 12.6. The highest BCUT2D eigenvalue weighted by Gasteiger charge is 2.48. The van der Waals surface area contributed by atoms with Crippen LogP contribution in [0, 0.1) is 0 Å². The highest BCUT2D eigenvalue weighted by atomic mass is 15.2. The molecule has 0 saturated heterocycles. The van der Waals surface area contributed by atoms with Gasteiger partial charge in [0.15, 0.2) is 0 Å². The lowest BCUT2D eigenvalue weighted by molar-refractivity contribution is 0.768. The van der Waals surface area contributed by atoms with Crippen LogP contribution in [0.2, 0.25) is 0 Å². The molecule has 0 N–H and O–H groups in total. The topological polar surface area (TPSA) is 34.6 Å². The Bertz CT molecular complexity index is 7670. The summed E-state index contributed by atoms with van der Waals surface area (Å²) in [5.41, 5.74) is 39.2. The average Bonchev–Trinajstić information content (AvgIpc) is 1.47. The SMILES string of the molecule is c1ccc(-c2nn3c(-c4ccccc4)c(-c4ccc(-c5ccc6c(c5)-c5ccccc5C6(c5ccccc5)c5ccccc5)cc4)c4ccccc4c3c2-c2ccccc2)cc1.c1ccc(-c2nn3c(-c4ccccc4)c(-c4ccc(-c5cccc6c5-c5ccccc5C6(c5ccccc5)c5ccccc5)cc4)c4ccccc4c3c2-c2ccccc2)cc1. The van der Waals surface area contributed by atoms with Crippen LogP contribution in [0.3, 0.4) is 0 Å². The van der Waals surface area contributed by atoms with Crippen molar-refractivity contribution in [2.24, 2.45) is 0 Å². The Morgan fingerprint density at radius 3 is 0.863 bits per heavy atom. The zero-order chi connectivity index (χ0) is 82.1. The molecular formula is C120H80N4. The van der Waals surface area contributed by atoms with E-state index in [-0.39, 0.29) is 0 Å². The Kier molecular flexibility index (Phi) is 18.0. The second kappa shape index (κ2) is 30.6. The molecular weight excluding hydrogens is 1500 g/mol. The minimum Gasteiger partial charge on any atom is -0.231 e. The lowest BCUT2D eigenvalue weighted by Gasteiger charge is -2.34. The molecule has 0 saturated carbocycles. The summed E-state index contributed by atoms with van der Waals surface area (Å²) >= 11 is 0. The average molecular weight is 1580 g/mol. The number of pyridine rings is 2. The summed E-state index contributed by atoms with van der Waals surface area (Å²) in [5, 5.41) is 15.8. The summed E-state index contributed by atoms with van der Waals surface area (Å²) in [6.07, 6.45) is 0. The van der Waals surface area contributed by atoms with Gasteiger partial charge in [0.25, 0.3) is 0 Å². The molecule has 22 aromatic rings. The van der Waals surface area contributed by atoms with Gasteiger partial charge < -0.3 is 0 Å². The van der Waals surface area contributed by atoms with E-state index in [1.807, 2.05) is 0 Å². The summed E-state index contributed by atoms with van der Waals surface area (Å²) in [6, 6.07) is 176. The first-order valence-electron chi connectivity index (χ1n) is 42.8. The molecule has 0 unspecified atom stereocenters. The van der Waals surface area contributed by atoms with Gasteiger partial charge in [-0.05, 0) is 128 Å². The Morgan fingerprint density at radius 1 is 0.161 bits per heavy atom. The van der Waals surface area contributed by atoms with E-state index in [1.165, 1.54) is 99.8 Å². The zero-order valence-corrected chi connectivity index (χ0v) is 68.0. The molecule has 24 rings (SSSR count). The molecule has 580 valence electrons. The third-order valence-electron chi connectivity index (χ3n) is 25.8. The van der Waals surface area contributed by atoms with Gasteiger partial charge in [0.2, 0.25) is 0 Å². The first kappa shape index (κ1) is 73.0. The van der Waals surface area contributed by atoms with E-state index < -0.39 is 10.8 Å². The highest BCUT2D eigenvalue weighted by Crippen LogP contribution is 2.60. The number of nitrogens with zero attached hydrogens (tertiary/aromatic N) is 4. The van der Waals surface area contributed by atoms with Crippen LogP contribution in [0.1, 0.15) is 44.5 Å². The summed E-state index contributed by atoms with van der Waals surface area (Å²) in [7, 11) is 0. The molecule has 0 spiro atoms. The van der Waals surface area contributed by atoms with Crippen molar-refractivity contribution in [3.63, 3.8) is 0 Å². The number of aromatic nitrogens is 4. The summed E-state index contributed by atoms with van der Waals surface area (Å²) in [5.74, 6) is 0. The Labute approximate surface area is 721 Å². The number of rotatable bonds is 14. The van der Waals surface area contributed by atoms with Gasteiger partial charge in [-0.3, -0.25) is 0 Å². The fourth-order valence-corrected chi connectivity index (χ4v) is 20.6. The van der Waals surface area contributed by atoms with E-state index in [4.69, 9.17) is 10.2 Å². The van der Waals surface area contributed by atoms with Crippen molar-refractivity contribution in [3.8, 4) is 134 Å². The van der Waals surface area contributed by atoms with Crippen molar-refractivity contribution in [2.75, 3.05) is 0 Å². The second-order valence-corrected chi connectivity index (χ2v) is 32.4. The third-order valence-corrected chi connectivity index (χ3v) is 25.8. The molecule has 124 heavy (non-hydrogen) atoms. The van der Waals surface area contributed by atoms with Gasteiger partial charge in [0, 0.05) is 55.3 Å². The first-order chi connectivity index (χ1) is 61.6. The van der Waals surface area contributed by atoms with E-state index in [9.17, 15) is 0 Å². The Hall–Kier alpha value is -16.1. The van der Waals surface area contributed by atoms with E-state index in [2.05, 4.69) is 494 Å². The molecule has 0 amide bonds. The van der Waals surface area contributed by atoms with Crippen LogP contribution in [0.4, 0.5) is 0 Å². The maximum atomic E-state index is 5.58. The quantitative estimate of drug-likeness (QED) is 0.109. The zero-order valence-electron chi connectivity index (χ0n) is 68.0. The number of fused-ring (bicyclic) bond motifs is 12. The highest BCUT2D eigenvalue weighted by molar-refractivity contribution is 6.17. The molecule has 2 aliphatic rings. The standard InChI is InChI=1S/2C60H40N2/c1-6-21-42(22-7-1)55-57(44-23-8-2-9-24-44)61-62-58(45-25-10-3-11-26-45)54(49-31-16-17-32-50(49)59(55)62)43-39-37-41(38-40-43)48-34-20-36-53-56(48)51-33-18-19-35-52(51)60(53,46-27-12-4-13-28-46)47-29-14-5-15-30-47;1-6-20-42(21-7-1)56-57(44-22-8-2-9-23-44)61-62-58(45-24-10-3-11-25-45)55(50-31-16-17-32-51(50)59(56)62)43-36-34-41(35-37-43)46-38-39-54-52(40-46)49-30-18-19-33-53(49)60(54,47-26-12-4-13-27-47)48-28-14-5-15-29-48/h2*1-40H. The van der Waals surface area contributed by atoms with Gasteiger partial charge in [-0.2, -0.15) is 10.2 Å². The van der Waals surface area contributed by atoms with Crippen molar-refractivity contribution in [2.45, 2.75) is 10.8 Å². The maximum Gasteiger partial charge on any atom is 0.101 e. The summed E-state index contributed by atoms with van der Waals surface area (Å²) in [4.78, 5) is 0. The Balaban J connectivity index is 0.000000143. The number of hydrogen-bond acceptors (Lipinski definition) is 2. The second-order valence-electron chi connectivity index (χ2n) is 32.4. The first-order valence-corrected chi connectivity index (χ1v) is 42.8. The van der Waals surface area contributed by atoms with Crippen LogP contribution in [0.5, 0.6) is 0 Å². The monoisotopic (exact) mass is 1580 g/mol. The van der Waals surface area contributed by atoms with Crippen LogP contribution in [0.15, 0.2) is 485 Å². The van der Waals surface area contributed by atoms with Gasteiger partial charge in [-0.25, -0.2) is 9.03 Å². The fourth-order valence-electron chi connectivity index (χ4n) is 20.6. The van der Waals surface area contributed by atoms with Crippen molar-refractivity contribution in [1.29, 1.82) is 0 Å². The van der Waals surface area contributed by atoms with E-state index in [0.717, 1.165) is 111 Å². The van der Waals surface area contributed by atoms with E-state index in [0.29, 0.717) is 0 Å². The van der Waals surface area contributed by atoms with Crippen LogP contribution >= 0.6 is 0 Å². The van der Waals surface area contributed by atoms with Crippen molar-refractivity contribution < 1.29 is 0 Å². The van der Waals surface area contributed by atoms with Crippen LogP contribution in [-0.2, 0) is 10.8 Å². The molecule has 0 fully saturated rings. The summed E-state index contributed by atoms with van der Waals surface area (Å²) in [6.45, 7) is 0. The Morgan fingerprint density at radius 2 is 0.444 bits per heavy atom. The molecule has 0 atom stereocenters. The van der Waals surface area contributed by atoms with Gasteiger partial charge >= 0.3 is 0 Å². The number of hydrogen-bond donors (Lipinski definition) is 0. The van der Waals surface area contributed by atoms with Gasteiger partial charge in [0.1, 0.15) is 11.4 Å². The fraction of sp³-hybridized carbons (Fsp3) is 0.0167. The smallest absolute Gasteiger partial charge is 0.101 e. The van der Waals surface area contributed by atoms with Crippen LogP contribution in [-0.4, -0.2) is 19.2 Å². The molecule has 4 nitrogen and oxygen atoms in total. The number of benzene rings is 18. The van der Waals surface area contributed by atoms with Crippen LogP contribution < -0.4 is 0 Å². The minimum atomic E-state index is -0.454. The summed E-state index contributed by atoms with van der Waals surface area (Å²) < 4.78 is 4.44. The molecule has 2 aliphatic carbocycles. The van der Waals surface area contributed by atoms with Crippen LogP contribution in [0.25, 0.3) is 167 Å². The minimum absolute atomic E-state index is 0.419. The van der Waals surface area contributed by atoms with E-state index >= 15 is 0 Å². The van der Waals surface area contributed by atoms with Gasteiger partial charge in [-0.15, -0.1) is 0 Å². The lowest BCUT2D eigenvalue weighted by Crippen LogP contribution is -2.28. The molecule has 18 aromatic carbocycles.